The van der Waals surface area contributed by atoms with E-state index < -0.39 is 10.8 Å². The van der Waals surface area contributed by atoms with Gasteiger partial charge in [-0.1, -0.05) is 19.1 Å². The highest BCUT2D eigenvalue weighted by molar-refractivity contribution is 5.93. The summed E-state index contributed by atoms with van der Waals surface area (Å²) in [5.41, 5.74) is 0.497. The summed E-state index contributed by atoms with van der Waals surface area (Å²) in [6.45, 7) is 4.34. The van der Waals surface area contributed by atoms with Gasteiger partial charge in [-0.3, -0.25) is 19.6 Å². The van der Waals surface area contributed by atoms with Crippen LogP contribution in [0.1, 0.15) is 13.8 Å². The number of carbonyl (C=O) groups is 1. The van der Waals surface area contributed by atoms with Crippen molar-refractivity contribution in [3.05, 3.63) is 46.8 Å². The molecule has 0 spiro atoms. The van der Waals surface area contributed by atoms with Crippen LogP contribution in [0.5, 0.6) is 5.75 Å². The van der Waals surface area contributed by atoms with Gasteiger partial charge in [0.1, 0.15) is 18.1 Å². The van der Waals surface area contributed by atoms with Crippen molar-refractivity contribution in [2.75, 3.05) is 11.9 Å². The van der Waals surface area contributed by atoms with Crippen LogP contribution in [0, 0.1) is 16.0 Å². The Kier molecular flexibility index (Phi) is 5.29. The van der Waals surface area contributed by atoms with Gasteiger partial charge in [0.05, 0.1) is 29.7 Å². The largest absolute Gasteiger partial charge is 0.492 e. The number of para-hydroxylation sites is 2. The molecule has 0 aliphatic carbocycles. The molecule has 0 unspecified atom stereocenters. The quantitative estimate of drug-likeness (QED) is 0.624. The second-order valence-electron chi connectivity index (χ2n) is 5.00. The van der Waals surface area contributed by atoms with Gasteiger partial charge in [-0.05, 0) is 19.1 Å². The third-order valence-electron chi connectivity index (χ3n) is 3.18. The molecule has 0 aliphatic rings. The summed E-state index contributed by atoms with van der Waals surface area (Å²) in [6.07, 6.45) is 2.47. The molecule has 0 aliphatic heterocycles. The maximum atomic E-state index is 12.3. The number of aromatic nitrogens is 2. The zero-order chi connectivity index (χ0) is 16.8. The summed E-state index contributed by atoms with van der Waals surface area (Å²) in [6, 6.07) is 7.17. The maximum absolute atomic E-state index is 12.3. The second-order valence-corrected chi connectivity index (χ2v) is 5.00. The third kappa shape index (κ3) is 4.29. The number of hydrogen-bond donors (Lipinski definition) is 1. The molecular weight excluding hydrogens is 300 g/mol. The first kappa shape index (κ1) is 16.5. The van der Waals surface area contributed by atoms with Crippen LogP contribution in [-0.2, 0) is 11.3 Å². The van der Waals surface area contributed by atoms with Gasteiger partial charge in [-0.15, -0.1) is 0 Å². The van der Waals surface area contributed by atoms with Crippen LogP contribution in [0.4, 0.5) is 11.4 Å². The van der Waals surface area contributed by atoms with Crippen LogP contribution in [0.2, 0.25) is 0 Å². The van der Waals surface area contributed by atoms with E-state index in [0.717, 1.165) is 6.20 Å². The lowest BCUT2D eigenvalue weighted by atomic mass is 10.1. The molecule has 0 fully saturated rings. The SMILES string of the molecule is CCOc1ccccc1NC(=O)[C@@H](C)Cn1cc([N+](=O)[O-])cn1. The van der Waals surface area contributed by atoms with Gasteiger partial charge < -0.3 is 10.1 Å². The Bertz CT molecular complexity index is 698. The first-order valence-electron chi connectivity index (χ1n) is 7.20. The molecule has 2 rings (SSSR count). The Labute approximate surface area is 133 Å². The first-order valence-corrected chi connectivity index (χ1v) is 7.20. The molecule has 8 heteroatoms. The lowest BCUT2D eigenvalue weighted by molar-refractivity contribution is -0.385. The molecule has 1 N–H and O–H groups in total. The van der Waals surface area contributed by atoms with Crippen LogP contribution < -0.4 is 10.1 Å². The number of rotatable bonds is 7. The van der Waals surface area contributed by atoms with Crippen molar-refractivity contribution in [1.29, 1.82) is 0 Å². The van der Waals surface area contributed by atoms with E-state index >= 15 is 0 Å². The predicted molar refractivity (Wildman–Crippen MR) is 84.3 cm³/mol. The maximum Gasteiger partial charge on any atom is 0.306 e. The van der Waals surface area contributed by atoms with E-state index in [1.54, 1.807) is 25.1 Å². The number of amides is 1. The van der Waals surface area contributed by atoms with E-state index in [9.17, 15) is 14.9 Å². The molecule has 1 aromatic heterocycles. The number of benzene rings is 1. The van der Waals surface area contributed by atoms with Crippen LogP contribution >= 0.6 is 0 Å². The topological polar surface area (TPSA) is 99.3 Å². The first-order chi connectivity index (χ1) is 11.0. The summed E-state index contributed by atoms with van der Waals surface area (Å²) < 4.78 is 6.84. The smallest absolute Gasteiger partial charge is 0.306 e. The van der Waals surface area contributed by atoms with Crippen molar-refractivity contribution in [1.82, 2.24) is 9.78 Å². The van der Waals surface area contributed by atoms with Crippen LogP contribution in [0.3, 0.4) is 0 Å². The molecule has 0 radical (unpaired) electrons. The molecule has 0 saturated carbocycles. The highest BCUT2D eigenvalue weighted by Crippen LogP contribution is 2.24. The highest BCUT2D eigenvalue weighted by atomic mass is 16.6. The van der Waals surface area contributed by atoms with Crippen LogP contribution in [0.15, 0.2) is 36.7 Å². The van der Waals surface area contributed by atoms with Crippen molar-refractivity contribution in [2.45, 2.75) is 20.4 Å². The zero-order valence-corrected chi connectivity index (χ0v) is 12.9. The Morgan fingerprint density at radius 3 is 2.87 bits per heavy atom. The summed E-state index contributed by atoms with van der Waals surface area (Å²) in [7, 11) is 0. The normalized spacial score (nSPS) is 11.7. The molecular formula is C15H18N4O4. The number of carbonyl (C=O) groups excluding carboxylic acids is 1. The Balaban J connectivity index is 2.01. The van der Waals surface area contributed by atoms with Gasteiger partial charge in [0.25, 0.3) is 0 Å². The molecule has 1 heterocycles. The highest BCUT2D eigenvalue weighted by Gasteiger charge is 2.17. The fourth-order valence-electron chi connectivity index (χ4n) is 2.02. The summed E-state index contributed by atoms with van der Waals surface area (Å²) in [4.78, 5) is 22.4. The number of ether oxygens (including phenoxy) is 1. The van der Waals surface area contributed by atoms with E-state index in [1.165, 1.54) is 10.9 Å². The molecule has 122 valence electrons. The summed E-state index contributed by atoms with van der Waals surface area (Å²) in [5.74, 6) is -0.0234. The van der Waals surface area contributed by atoms with Crippen molar-refractivity contribution in [3.8, 4) is 5.75 Å². The second kappa shape index (κ2) is 7.39. The van der Waals surface area contributed by atoms with Gasteiger partial charge in [-0.25, -0.2) is 0 Å². The average molecular weight is 318 g/mol. The van der Waals surface area contributed by atoms with Crippen LogP contribution in [-0.4, -0.2) is 27.2 Å². The Morgan fingerprint density at radius 2 is 2.22 bits per heavy atom. The molecule has 2 aromatic rings. The molecule has 1 amide bonds. The molecule has 0 saturated heterocycles. The standard InChI is InChI=1S/C15H18N4O4/c1-3-23-14-7-5-4-6-13(14)17-15(20)11(2)9-18-10-12(8-16-18)19(21)22/h4-8,10-11H,3,9H2,1-2H3,(H,17,20)/t11-/m0/s1. The van der Waals surface area contributed by atoms with Crippen LogP contribution in [0.25, 0.3) is 0 Å². The molecule has 0 bridgehead atoms. The number of nitrogens with one attached hydrogen (secondary N) is 1. The monoisotopic (exact) mass is 318 g/mol. The summed E-state index contributed by atoms with van der Waals surface area (Å²) >= 11 is 0. The minimum Gasteiger partial charge on any atom is -0.492 e. The van der Waals surface area contributed by atoms with E-state index in [2.05, 4.69) is 10.4 Å². The molecule has 1 atom stereocenters. The number of hydrogen-bond acceptors (Lipinski definition) is 5. The van der Waals surface area contributed by atoms with Gasteiger partial charge in [0, 0.05) is 0 Å². The fourth-order valence-corrected chi connectivity index (χ4v) is 2.02. The van der Waals surface area contributed by atoms with Crippen molar-refractivity contribution < 1.29 is 14.5 Å². The third-order valence-corrected chi connectivity index (χ3v) is 3.18. The molecule has 23 heavy (non-hydrogen) atoms. The van der Waals surface area contributed by atoms with Crippen molar-refractivity contribution >= 4 is 17.3 Å². The zero-order valence-electron chi connectivity index (χ0n) is 12.9. The van der Waals surface area contributed by atoms with Gasteiger partial charge in [-0.2, -0.15) is 5.10 Å². The van der Waals surface area contributed by atoms with Gasteiger partial charge in [0.2, 0.25) is 5.91 Å². The van der Waals surface area contributed by atoms with E-state index in [1.807, 2.05) is 13.0 Å². The van der Waals surface area contributed by atoms with E-state index in [-0.39, 0.29) is 18.1 Å². The van der Waals surface area contributed by atoms with E-state index in [4.69, 9.17) is 4.74 Å². The molecule has 8 nitrogen and oxygen atoms in total. The summed E-state index contributed by atoms with van der Waals surface area (Å²) in [5, 5.41) is 17.3. The average Bonchev–Trinajstić information content (AvgIpc) is 2.98. The lowest BCUT2D eigenvalue weighted by Gasteiger charge is -2.14. The number of nitrogens with zero attached hydrogens (tertiary/aromatic N) is 3. The van der Waals surface area contributed by atoms with Crippen molar-refractivity contribution in [2.24, 2.45) is 5.92 Å². The van der Waals surface area contributed by atoms with E-state index in [0.29, 0.717) is 18.0 Å². The number of anilines is 1. The minimum atomic E-state index is -0.521. The lowest BCUT2D eigenvalue weighted by Crippen LogP contribution is -2.24. The predicted octanol–water partition coefficient (Wildman–Crippen LogP) is 2.46. The molecule has 1 aromatic carbocycles. The van der Waals surface area contributed by atoms with Gasteiger partial charge in [0.15, 0.2) is 0 Å². The Morgan fingerprint density at radius 1 is 1.48 bits per heavy atom. The minimum absolute atomic E-state index is 0.0979. The van der Waals surface area contributed by atoms with Gasteiger partial charge >= 0.3 is 5.69 Å². The fraction of sp³-hybridized carbons (Fsp3) is 0.333. The Hall–Kier alpha value is -2.90. The van der Waals surface area contributed by atoms with Crippen molar-refractivity contribution in [3.63, 3.8) is 0 Å². The number of nitro groups is 1.